The van der Waals surface area contributed by atoms with E-state index in [9.17, 15) is 0 Å². The van der Waals surface area contributed by atoms with Crippen LogP contribution in [0.25, 0.3) is 10.8 Å². The molecule has 82 valence electrons. The van der Waals surface area contributed by atoms with Crippen LogP contribution in [-0.4, -0.2) is 6.10 Å². The molecule has 0 N–H and O–H groups in total. The van der Waals surface area contributed by atoms with E-state index in [4.69, 9.17) is 4.74 Å². The lowest BCUT2D eigenvalue weighted by atomic mass is 10.1. The molecule has 2 aromatic carbocycles. The Morgan fingerprint density at radius 1 is 1.25 bits per heavy atom. The third-order valence-electron chi connectivity index (χ3n) is 2.47. The Morgan fingerprint density at radius 2 is 2.00 bits per heavy atom. The van der Waals surface area contributed by atoms with Gasteiger partial charge in [0.05, 0.1) is 4.47 Å². The molecule has 0 aliphatic heterocycles. The topological polar surface area (TPSA) is 9.23 Å². The lowest BCUT2D eigenvalue weighted by molar-refractivity contribution is 0.269. The number of benzene rings is 2. The maximum absolute atomic E-state index is 5.74. The molecular formula is C14H13BrO. The van der Waals surface area contributed by atoms with E-state index in [1.807, 2.05) is 25.1 Å². The van der Waals surface area contributed by atoms with E-state index in [0.717, 1.165) is 15.6 Å². The summed E-state index contributed by atoms with van der Waals surface area (Å²) in [6.07, 6.45) is 1.79. The first-order valence-electron chi connectivity index (χ1n) is 5.19. The fourth-order valence-electron chi connectivity index (χ4n) is 1.55. The Bertz CT molecular complexity index is 519. The van der Waals surface area contributed by atoms with Crippen LogP contribution in [0.1, 0.15) is 6.92 Å². The van der Waals surface area contributed by atoms with Gasteiger partial charge in [0, 0.05) is 0 Å². The van der Waals surface area contributed by atoms with Crippen molar-refractivity contribution in [3.05, 3.63) is 53.5 Å². The largest absolute Gasteiger partial charge is 0.485 e. The molecule has 0 fully saturated rings. The van der Waals surface area contributed by atoms with Gasteiger partial charge in [-0.2, -0.15) is 0 Å². The summed E-state index contributed by atoms with van der Waals surface area (Å²) in [6, 6.07) is 12.2. The Morgan fingerprint density at radius 3 is 2.75 bits per heavy atom. The highest BCUT2D eigenvalue weighted by Crippen LogP contribution is 2.33. The molecule has 0 saturated carbocycles. The van der Waals surface area contributed by atoms with Gasteiger partial charge in [-0.25, -0.2) is 0 Å². The molecule has 2 heteroatoms. The number of halogens is 1. The van der Waals surface area contributed by atoms with Crippen LogP contribution >= 0.6 is 15.9 Å². The molecule has 1 unspecified atom stereocenters. The lowest BCUT2D eigenvalue weighted by Gasteiger charge is -2.13. The molecule has 0 bridgehead atoms. The molecule has 0 radical (unpaired) electrons. The second-order valence-corrected chi connectivity index (χ2v) is 4.45. The Labute approximate surface area is 104 Å². The van der Waals surface area contributed by atoms with Gasteiger partial charge < -0.3 is 4.74 Å². The number of hydrogen-bond acceptors (Lipinski definition) is 1. The highest BCUT2D eigenvalue weighted by atomic mass is 79.9. The molecule has 0 spiro atoms. The van der Waals surface area contributed by atoms with Gasteiger partial charge >= 0.3 is 0 Å². The summed E-state index contributed by atoms with van der Waals surface area (Å²) in [5.41, 5.74) is 0. The highest BCUT2D eigenvalue weighted by molar-refractivity contribution is 9.10. The van der Waals surface area contributed by atoms with Gasteiger partial charge in [-0.1, -0.05) is 43.0 Å². The molecular weight excluding hydrogens is 264 g/mol. The smallest absolute Gasteiger partial charge is 0.135 e. The maximum Gasteiger partial charge on any atom is 0.135 e. The Balaban J connectivity index is 2.48. The molecule has 0 amide bonds. The zero-order chi connectivity index (χ0) is 11.5. The molecule has 0 heterocycles. The summed E-state index contributed by atoms with van der Waals surface area (Å²) < 4.78 is 6.74. The van der Waals surface area contributed by atoms with Gasteiger partial charge in [-0.3, -0.25) is 0 Å². The zero-order valence-corrected chi connectivity index (χ0v) is 10.7. The SMILES string of the molecule is C=CC(C)Oc1ccc2ccccc2c1Br. The van der Waals surface area contributed by atoms with Crippen LogP contribution in [0.2, 0.25) is 0 Å². The van der Waals surface area contributed by atoms with E-state index < -0.39 is 0 Å². The normalized spacial score (nSPS) is 12.4. The highest BCUT2D eigenvalue weighted by Gasteiger charge is 2.07. The summed E-state index contributed by atoms with van der Waals surface area (Å²) in [5, 5.41) is 2.37. The fraction of sp³-hybridized carbons (Fsp3) is 0.143. The van der Waals surface area contributed by atoms with Gasteiger partial charge in [0.1, 0.15) is 11.9 Å². The minimum atomic E-state index is 0.0115. The van der Waals surface area contributed by atoms with E-state index in [1.54, 1.807) is 6.08 Å². The molecule has 1 nitrogen and oxygen atoms in total. The van der Waals surface area contributed by atoms with Crippen molar-refractivity contribution in [1.29, 1.82) is 0 Å². The van der Waals surface area contributed by atoms with Crippen molar-refractivity contribution >= 4 is 26.7 Å². The zero-order valence-electron chi connectivity index (χ0n) is 9.11. The van der Waals surface area contributed by atoms with Crippen LogP contribution in [0.5, 0.6) is 5.75 Å². The molecule has 16 heavy (non-hydrogen) atoms. The third kappa shape index (κ3) is 2.12. The summed E-state index contributed by atoms with van der Waals surface area (Å²) in [5.74, 6) is 0.853. The van der Waals surface area contributed by atoms with E-state index in [2.05, 4.69) is 40.7 Å². The second-order valence-electron chi connectivity index (χ2n) is 3.66. The average molecular weight is 277 g/mol. The molecule has 2 rings (SSSR count). The van der Waals surface area contributed by atoms with Crippen LogP contribution in [-0.2, 0) is 0 Å². The number of rotatable bonds is 3. The first-order chi connectivity index (χ1) is 7.72. The van der Waals surface area contributed by atoms with Crippen molar-refractivity contribution in [1.82, 2.24) is 0 Å². The first kappa shape index (κ1) is 11.2. The minimum Gasteiger partial charge on any atom is -0.485 e. The van der Waals surface area contributed by atoms with Gasteiger partial charge in [0.2, 0.25) is 0 Å². The van der Waals surface area contributed by atoms with E-state index >= 15 is 0 Å². The van der Waals surface area contributed by atoms with Crippen molar-refractivity contribution in [3.63, 3.8) is 0 Å². The molecule has 0 saturated heterocycles. The van der Waals surface area contributed by atoms with Crippen LogP contribution in [0.4, 0.5) is 0 Å². The van der Waals surface area contributed by atoms with Crippen molar-refractivity contribution in [2.75, 3.05) is 0 Å². The predicted octanol–water partition coefficient (Wildman–Crippen LogP) is 4.56. The average Bonchev–Trinajstić information content (AvgIpc) is 2.33. The fourth-order valence-corrected chi connectivity index (χ4v) is 2.14. The van der Waals surface area contributed by atoms with Crippen LogP contribution in [0.3, 0.4) is 0 Å². The Kier molecular flexibility index (Phi) is 3.30. The number of ether oxygens (including phenoxy) is 1. The summed E-state index contributed by atoms with van der Waals surface area (Å²) in [7, 11) is 0. The van der Waals surface area contributed by atoms with Gasteiger partial charge in [0.15, 0.2) is 0 Å². The van der Waals surface area contributed by atoms with Crippen LogP contribution in [0, 0.1) is 0 Å². The van der Waals surface area contributed by atoms with E-state index in [-0.39, 0.29) is 6.10 Å². The Hall–Kier alpha value is -1.28. The first-order valence-corrected chi connectivity index (χ1v) is 5.98. The minimum absolute atomic E-state index is 0.0115. The maximum atomic E-state index is 5.74. The summed E-state index contributed by atoms with van der Waals surface area (Å²) >= 11 is 3.58. The molecule has 0 aliphatic rings. The van der Waals surface area contributed by atoms with Gasteiger partial charge in [-0.05, 0) is 39.7 Å². The third-order valence-corrected chi connectivity index (χ3v) is 3.29. The standard InChI is InChI=1S/C14H13BrO/c1-3-10(2)16-13-9-8-11-6-4-5-7-12(11)14(13)15/h3-10H,1H2,2H3. The molecule has 0 aliphatic carbocycles. The second kappa shape index (κ2) is 4.71. The van der Waals surface area contributed by atoms with Crippen molar-refractivity contribution in [2.24, 2.45) is 0 Å². The predicted molar refractivity (Wildman–Crippen MR) is 71.9 cm³/mol. The van der Waals surface area contributed by atoms with Crippen LogP contribution in [0.15, 0.2) is 53.5 Å². The number of fused-ring (bicyclic) bond motifs is 1. The molecule has 1 atom stereocenters. The quantitative estimate of drug-likeness (QED) is 0.747. The van der Waals surface area contributed by atoms with Crippen LogP contribution < -0.4 is 4.74 Å². The summed E-state index contributed by atoms with van der Waals surface area (Å²) in [6.45, 7) is 5.68. The van der Waals surface area contributed by atoms with Crippen molar-refractivity contribution in [2.45, 2.75) is 13.0 Å². The summed E-state index contributed by atoms with van der Waals surface area (Å²) in [4.78, 5) is 0. The van der Waals surface area contributed by atoms with Crippen molar-refractivity contribution in [3.8, 4) is 5.75 Å². The van der Waals surface area contributed by atoms with Gasteiger partial charge in [-0.15, -0.1) is 0 Å². The van der Waals surface area contributed by atoms with Gasteiger partial charge in [0.25, 0.3) is 0 Å². The molecule has 2 aromatic rings. The van der Waals surface area contributed by atoms with Crippen molar-refractivity contribution < 1.29 is 4.74 Å². The lowest BCUT2D eigenvalue weighted by Crippen LogP contribution is -2.07. The van der Waals surface area contributed by atoms with E-state index in [1.165, 1.54) is 5.39 Å². The van der Waals surface area contributed by atoms with E-state index in [0.29, 0.717) is 0 Å². The number of hydrogen-bond donors (Lipinski definition) is 0. The molecule has 0 aromatic heterocycles. The monoisotopic (exact) mass is 276 g/mol.